The highest BCUT2D eigenvalue weighted by Gasteiger charge is 2.60. The van der Waals surface area contributed by atoms with Crippen LogP contribution in [0.15, 0.2) is 24.5 Å². The largest absolute Gasteiger partial charge is 0.442 e. The second-order valence-electron chi connectivity index (χ2n) is 8.12. The van der Waals surface area contributed by atoms with Gasteiger partial charge in [0.15, 0.2) is 9.84 Å². The van der Waals surface area contributed by atoms with Crippen molar-refractivity contribution in [3.05, 3.63) is 41.5 Å². The molecule has 1 aliphatic carbocycles. The number of amides is 1. The lowest BCUT2D eigenvalue weighted by Gasteiger charge is -2.16. The van der Waals surface area contributed by atoms with Crippen molar-refractivity contribution in [1.29, 1.82) is 0 Å². The highest BCUT2D eigenvalue weighted by molar-refractivity contribution is 7.91. The molecule has 28 heavy (non-hydrogen) atoms. The molecule has 3 fully saturated rings. The highest BCUT2D eigenvalue weighted by Crippen LogP contribution is 2.60. The second-order valence-corrected chi connectivity index (χ2v) is 10.3. The van der Waals surface area contributed by atoms with E-state index in [0.29, 0.717) is 24.2 Å². The number of halogens is 1. The number of benzene rings is 1. The number of hydrogen-bond acceptors (Lipinski definition) is 6. The summed E-state index contributed by atoms with van der Waals surface area (Å²) in [4.78, 5) is 13.9. The molecule has 3 aliphatic heterocycles. The molecule has 0 spiro atoms. The van der Waals surface area contributed by atoms with Crippen LogP contribution in [0.4, 0.5) is 14.9 Å². The molecule has 146 valence electrons. The summed E-state index contributed by atoms with van der Waals surface area (Å²) in [6, 6.07) is 3.03. The summed E-state index contributed by atoms with van der Waals surface area (Å²) >= 11 is 0. The standard InChI is InChI=1S/C18H17FN4O4S/c19-13-5-14-9(3-10(13)17-11-7-28(25,26)8-12(11)17)4-15-16(27-18(24)23(14)15)6-22-2-1-20-21-22/h1-3,5,11-12,15-17H,4,6-8H2/t11?,12?,15-,16-,17?/m0/s1. The predicted octanol–water partition coefficient (Wildman–Crippen LogP) is 1.13. The van der Waals surface area contributed by atoms with Crippen molar-refractivity contribution in [2.24, 2.45) is 11.8 Å². The fraction of sp³-hybridized carbons (Fsp3) is 0.500. The number of rotatable bonds is 3. The predicted molar refractivity (Wildman–Crippen MR) is 95.0 cm³/mol. The van der Waals surface area contributed by atoms with Crippen molar-refractivity contribution in [2.75, 3.05) is 16.4 Å². The molecule has 0 bridgehead atoms. The van der Waals surface area contributed by atoms with Crippen LogP contribution in [0.1, 0.15) is 17.0 Å². The van der Waals surface area contributed by atoms with Gasteiger partial charge >= 0.3 is 6.09 Å². The Bertz CT molecular complexity index is 1090. The Balaban J connectivity index is 1.29. The zero-order chi connectivity index (χ0) is 19.2. The Morgan fingerprint density at radius 1 is 1.25 bits per heavy atom. The average molecular weight is 404 g/mol. The van der Waals surface area contributed by atoms with Gasteiger partial charge in [-0.15, -0.1) is 5.10 Å². The molecule has 0 N–H and O–H groups in total. The fourth-order valence-corrected chi connectivity index (χ4v) is 7.47. The van der Waals surface area contributed by atoms with Crippen LogP contribution >= 0.6 is 0 Å². The van der Waals surface area contributed by atoms with E-state index in [2.05, 4.69) is 10.3 Å². The van der Waals surface area contributed by atoms with Crippen molar-refractivity contribution < 1.29 is 22.3 Å². The smallest absolute Gasteiger partial charge is 0.415 e. The average Bonchev–Trinajstić information content (AvgIpc) is 3.11. The summed E-state index contributed by atoms with van der Waals surface area (Å²) in [5, 5.41) is 7.68. The van der Waals surface area contributed by atoms with Gasteiger partial charge in [0.1, 0.15) is 11.9 Å². The molecule has 2 unspecified atom stereocenters. The molecule has 1 aromatic carbocycles. The molecule has 6 rings (SSSR count). The van der Waals surface area contributed by atoms with Crippen LogP contribution in [0.5, 0.6) is 0 Å². The topological polar surface area (TPSA) is 94.4 Å². The first-order valence-electron chi connectivity index (χ1n) is 9.28. The van der Waals surface area contributed by atoms with Gasteiger partial charge in [-0.25, -0.2) is 22.3 Å². The zero-order valence-corrected chi connectivity index (χ0v) is 15.5. The van der Waals surface area contributed by atoms with Crippen LogP contribution < -0.4 is 4.90 Å². The Hall–Kier alpha value is -2.49. The molecule has 4 atom stereocenters. The number of hydrogen-bond donors (Lipinski definition) is 0. The molecule has 2 aromatic rings. The van der Waals surface area contributed by atoms with Crippen LogP contribution in [-0.2, 0) is 27.5 Å². The van der Waals surface area contributed by atoms with E-state index in [0.717, 1.165) is 5.56 Å². The Morgan fingerprint density at radius 3 is 2.75 bits per heavy atom. The molecule has 2 saturated heterocycles. The number of aromatic nitrogens is 3. The van der Waals surface area contributed by atoms with E-state index >= 15 is 0 Å². The number of nitrogens with zero attached hydrogens (tertiary/aromatic N) is 4. The van der Waals surface area contributed by atoms with E-state index in [9.17, 15) is 17.6 Å². The molecule has 1 aromatic heterocycles. The number of fused-ring (bicyclic) bond motifs is 4. The van der Waals surface area contributed by atoms with E-state index in [1.54, 1.807) is 17.1 Å². The minimum absolute atomic E-state index is 0.0258. The minimum atomic E-state index is -2.97. The molecule has 0 radical (unpaired) electrons. The van der Waals surface area contributed by atoms with Crippen LogP contribution in [0.2, 0.25) is 0 Å². The summed E-state index contributed by atoms with van der Waals surface area (Å²) in [5.41, 5.74) is 2.05. The van der Waals surface area contributed by atoms with Crippen LogP contribution in [0, 0.1) is 17.7 Å². The third kappa shape index (κ3) is 2.27. The first-order valence-corrected chi connectivity index (χ1v) is 11.1. The number of cyclic esters (lactones) is 1. The van der Waals surface area contributed by atoms with Gasteiger partial charge in [0.25, 0.3) is 0 Å². The number of carbonyl (C=O) groups excluding carboxylic acids is 1. The third-order valence-electron chi connectivity index (χ3n) is 6.52. The third-order valence-corrected chi connectivity index (χ3v) is 8.30. The summed E-state index contributed by atoms with van der Waals surface area (Å²) in [7, 11) is -2.97. The van der Waals surface area contributed by atoms with E-state index in [1.807, 2.05) is 6.07 Å². The van der Waals surface area contributed by atoms with E-state index in [4.69, 9.17) is 4.74 Å². The number of ether oxygens (including phenoxy) is 1. The first kappa shape index (κ1) is 16.5. The Labute approximate surface area is 160 Å². The molecular weight excluding hydrogens is 387 g/mol. The highest BCUT2D eigenvalue weighted by atomic mass is 32.2. The van der Waals surface area contributed by atoms with Gasteiger partial charge in [0, 0.05) is 6.20 Å². The van der Waals surface area contributed by atoms with Gasteiger partial charge in [0.2, 0.25) is 0 Å². The molecule has 4 heterocycles. The lowest BCUT2D eigenvalue weighted by Crippen LogP contribution is -2.35. The monoisotopic (exact) mass is 404 g/mol. The van der Waals surface area contributed by atoms with Crippen LogP contribution in [0.25, 0.3) is 0 Å². The van der Waals surface area contributed by atoms with E-state index in [-0.39, 0.29) is 41.1 Å². The molecule has 8 nitrogen and oxygen atoms in total. The Morgan fingerprint density at radius 2 is 2.04 bits per heavy atom. The summed E-state index contributed by atoms with van der Waals surface area (Å²) in [6.45, 7) is 0.390. The molecule has 4 aliphatic rings. The normalized spacial score (nSPS) is 34.1. The van der Waals surface area contributed by atoms with Crippen LogP contribution in [-0.4, -0.2) is 53.2 Å². The SMILES string of the molecule is O=C1O[C@@H](Cn2ccnn2)[C@@H]2Cc3cc(C4C5CS(=O)(=O)CC54)c(F)cc3N12. The van der Waals surface area contributed by atoms with Gasteiger partial charge in [-0.1, -0.05) is 11.3 Å². The summed E-state index contributed by atoms with van der Waals surface area (Å²) in [6.07, 6.45) is 2.98. The van der Waals surface area contributed by atoms with E-state index in [1.165, 1.54) is 11.0 Å². The number of anilines is 1. The molecule has 1 amide bonds. The zero-order valence-electron chi connectivity index (χ0n) is 14.7. The van der Waals surface area contributed by atoms with Gasteiger partial charge in [0.05, 0.1) is 36.0 Å². The summed E-state index contributed by atoms with van der Waals surface area (Å²) < 4.78 is 45.4. The minimum Gasteiger partial charge on any atom is -0.442 e. The maximum atomic E-state index is 14.9. The molecular formula is C18H17FN4O4S. The van der Waals surface area contributed by atoms with Gasteiger partial charge in [-0.2, -0.15) is 0 Å². The van der Waals surface area contributed by atoms with Gasteiger partial charge < -0.3 is 4.74 Å². The Kier molecular flexibility index (Phi) is 3.12. The first-order chi connectivity index (χ1) is 13.4. The maximum Gasteiger partial charge on any atom is 0.415 e. The van der Waals surface area contributed by atoms with Crippen molar-refractivity contribution in [3.63, 3.8) is 0 Å². The fourth-order valence-electron chi connectivity index (χ4n) is 5.25. The van der Waals surface area contributed by atoms with Crippen molar-refractivity contribution in [2.45, 2.75) is 31.0 Å². The quantitative estimate of drug-likeness (QED) is 0.761. The van der Waals surface area contributed by atoms with Gasteiger partial charge in [-0.05, 0) is 41.4 Å². The van der Waals surface area contributed by atoms with E-state index < -0.39 is 22.0 Å². The molecule has 1 saturated carbocycles. The lowest BCUT2D eigenvalue weighted by molar-refractivity contribution is 0.117. The van der Waals surface area contributed by atoms with Gasteiger partial charge in [-0.3, -0.25) is 4.90 Å². The van der Waals surface area contributed by atoms with Crippen LogP contribution in [0.3, 0.4) is 0 Å². The summed E-state index contributed by atoms with van der Waals surface area (Å²) in [5.74, 6) is -0.0294. The molecule has 10 heteroatoms. The number of carbonyl (C=O) groups is 1. The lowest BCUT2D eigenvalue weighted by atomic mass is 10.00. The van der Waals surface area contributed by atoms with Crippen molar-refractivity contribution >= 4 is 21.6 Å². The van der Waals surface area contributed by atoms with Crippen molar-refractivity contribution in [3.8, 4) is 0 Å². The maximum absolute atomic E-state index is 14.9. The number of sulfone groups is 1. The second kappa shape index (κ2) is 5.31. The van der Waals surface area contributed by atoms with Crippen molar-refractivity contribution in [1.82, 2.24) is 15.0 Å².